The number of primary amides is 1. The number of methoxy groups -OCH3 is 4. The van der Waals surface area contributed by atoms with Crippen LogP contribution in [0.2, 0.25) is 0 Å². The molecule has 7 atom stereocenters. The molecular weight excluding hydrogens is 532 g/mol. The summed E-state index contributed by atoms with van der Waals surface area (Å²) >= 11 is 0. The Balaban J connectivity index is 2.66. The van der Waals surface area contributed by atoms with Crippen molar-refractivity contribution in [2.75, 3.05) is 28.4 Å². The molecule has 0 saturated heterocycles. The van der Waals surface area contributed by atoms with Gasteiger partial charge in [-0.2, -0.15) is 0 Å². The van der Waals surface area contributed by atoms with Gasteiger partial charge in [0.25, 0.3) is 5.91 Å². The highest BCUT2D eigenvalue weighted by molar-refractivity contribution is 6.22. The van der Waals surface area contributed by atoms with Crippen LogP contribution in [-0.2, 0) is 38.1 Å². The van der Waals surface area contributed by atoms with Crippen LogP contribution in [0.3, 0.4) is 0 Å². The van der Waals surface area contributed by atoms with E-state index >= 15 is 0 Å². The van der Waals surface area contributed by atoms with E-state index in [1.807, 2.05) is 19.9 Å². The second-order valence-corrected chi connectivity index (χ2v) is 10.2. The van der Waals surface area contributed by atoms with Crippen molar-refractivity contribution in [3.63, 3.8) is 0 Å². The molecule has 0 spiro atoms. The average molecular weight is 575 g/mol. The fraction of sp³-hybridized carbons (Fsp3) is 0.533. The zero-order valence-corrected chi connectivity index (χ0v) is 25.0. The number of nitrogens with one attached hydrogen (secondary N) is 1. The van der Waals surface area contributed by atoms with Crippen molar-refractivity contribution in [2.45, 2.75) is 64.6 Å². The minimum Gasteiger partial charge on any atom is -0.439 e. The molecule has 226 valence electrons. The monoisotopic (exact) mass is 574 g/mol. The highest BCUT2D eigenvalue weighted by atomic mass is 16.6. The lowest BCUT2D eigenvalue weighted by Gasteiger charge is -2.34. The van der Waals surface area contributed by atoms with Crippen molar-refractivity contribution >= 4 is 23.6 Å². The SMILES string of the molecule is CO[C@H]1[C@@H](OC)C[C@@H](C)[C@@H](OC)C2=CC(=O)C=C(NC(=O)/C(C)=C/C=C\[C@H](OC)[C@@H](OC(N)=O)/C(C)=C/[C@@H]1C)C2=O. The van der Waals surface area contributed by atoms with Crippen LogP contribution >= 0.6 is 0 Å². The van der Waals surface area contributed by atoms with E-state index in [4.69, 9.17) is 29.4 Å². The Morgan fingerprint density at radius 1 is 0.951 bits per heavy atom. The number of hydrogen-bond acceptors (Lipinski definition) is 9. The fourth-order valence-electron chi connectivity index (χ4n) is 5.21. The third-order valence-electron chi connectivity index (χ3n) is 7.27. The van der Waals surface area contributed by atoms with Crippen molar-refractivity contribution < 1.29 is 42.9 Å². The van der Waals surface area contributed by atoms with Crippen LogP contribution in [0.25, 0.3) is 0 Å². The molecular formula is C30H42N2O9. The minimum absolute atomic E-state index is 0.141. The predicted molar refractivity (Wildman–Crippen MR) is 152 cm³/mol. The Morgan fingerprint density at radius 3 is 2.20 bits per heavy atom. The summed E-state index contributed by atoms with van der Waals surface area (Å²) in [5.74, 6) is -2.04. The predicted octanol–water partition coefficient (Wildman–Crippen LogP) is 2.71. The number of carbonyl (C=O) groups excluding carboxylic acids is 4. The van der Waals surface area contributed by atoms with Gasteiger partial charge in [-0.3, -0.25) is 14.4 Å². The molecule has 0 saturated carbocycles. The molecule has 1 aliphatic carbocycles. The van der Waals surface area contributed by atoms with Gasteiger partial charge in [0.1, 0.15) is 6.10 Å². The molecule has 0 fully saturated rings. The van der Waals surface area contributed by atoms with E-state index < -0.39 is 54.1 Å². The van der Waals surface area contributed by atoms with Crippen LogP contribution in [0, 0.1) is 11.8 Å². The highest BCUT2D eigenvalue weighted by Gasteiger charge is 2.36. The molecule has 1 heterocycles. The Morgan fingerprint density at radius 2 is 1.63 bits per heavy atom. The van der Waals surface area contributed by atoms with Crippen LogP contribution < -0.4 is 11.1 Å². The van der Waals surface area contributed by atoms with Crippen LogP contribution in [0.5, 0.6) is 0 Å². The van der Waals surface area contributed by atoms with Gasteiger partial charge >= 0.3 is 6.09 Å². The van der Waals surface area contributed by atoms with Crippen LogP contribution in [-0.4, -0.2) is 82.5 Å². The summed E-state index contributed by atoms with van der Waals surface area (Å²) in [5.41, 5.74) is 6.29. The maximum Gasteiger partial charge on any atom is 0.405 e. The number of Topliss-reactive ketones (excluding diaryl/α,β-unsaturated/α-hetero) is 1. The number of rotatable bonds is 5. The minimum atomic E-state index is -0.972. The number of hydrogen-bond donors (Lipinski definition) is 2. The first-order valence-corrected chi connectivity index (χ1v) is 13.3. The van der Waals surface area contributed by atoms with E-state index in [1.54, 1.807) is 40.2 Å². The van der Waals surface area contributed by atoms with Gasteiger partial charge in [0.15, 0.2) is 11.9 Å². The van der Waals surface area contributed by atoms with E-state index in [2.05, 4.69) is 5.32 Å². The lowest BCUT2D eigenvalue weighted by Crippen LogP contribution is -2.41. The number of ether oxygens (including phenoxy) is 5. The molecule has 11 heteroatoms. The Hall–Kier alpha value is -3.38. The maximum absolute atomic E-state index is 13.4. The number of carbonyl (C=O) groups is 4. The van der Waals surface area contributed by atoms with Crippen molar-refractivity contribution in [2.24, 2.45) is 17.6 Å². The lowest BCUT2D eigenvalue weighted by atomic mass is 9.84. The molecule has 0 aromatic heterocycles. The molecule has 2 aliphatic rings. The van der Waals surface area contributed by atoms with Crippen molar-refractivity contribution in [3.05, 3.63) is 58.9 Å². The van der Waals surface area contributed by atoms with Gasteiger partial charge in [0.2, 0.25) is 5.78 Å². The van der Waals surface area contributed by atoms with E-state index in [1.165, 1.54) is 26.4 Å². The number of ketones is 2. The van der Waals surface area contributed by atoms with Crippen LogP contribution in [0.4, 0.5) is 4.79 Å². The Labute approximate surface area is 241 Å². The molecule has 11 nitrogen and oxygen atoms in total. The molecule has 0 aromatic rings. The molecule has 0 unspecified atom stereocenters. The van der Waals surface area contributed by atoms with Gasteiger partial charge in [-0.15, -0.1) is 0 Å². The zero-order chi connectivity index (χ0) is 30.9. The van der Waals surface area contributed by atoms with Crippen LogP contribution in [0.1, 0.15) is 34.1 Å². The molecule has 2 amide bonds. The molecule has 0 radical (unpaired) electrons. The lowest BCUT2D eigenvalue weighted by molar-refractivity contribution is -0.120. The molecule has 2 rings (SSSR count). The van der Waals surface area contributed by atoms with Gasteiger partial charge in [0.05, 0.1) is 24.0 Å². The van der Waals surface area contributed by atoms with Crippen LogP contribution in [0.15, 0.2) is 58.9 Å². The number of amides is 2. The maximum atomic E-state index is 13.4. The Kier molecular flexibility index (Phi) is 12.8. The average Bonchev–Trinajstić information content (AvgIpc) is 2.91. The van der Waals surface area contributed by atoms with Crippen molar-refractivity contribution in [3.8, 4) is 0 Å². The number of nitrogens with two attached hydrogens (primary N) is 1. The first-order chi connectivity index (χ1) is 19.4. The van der Waals surface area contributed by atoms with Gasteiger partial charge in [-0.05, 0) is 37.8 Å². The van der Waals surface area contributed by atoms with E-state index in [-0.39, 0.29) is 28.7 Å². The molecule has 3 N–H and O–H groups in total. The van der Waals surface area contributed by atoms with Crippen molar-refractivity contribution in [1.29, 1.82) is 0 Å². The standard InChI is InChI=1S/C30H42N2O9/c1-16-10-9-11-23(37-5)28(41-30(31)36)18(3)12-17(2)27(40-8)24(38-6)13-19(4)26(39-7)21-14-20(33)15-22(25(21)34)32-29(16)35/h9-12,14-15,17,19,23-24,26-28H,13H2,1-8H3,(H2,31,36)(H,32,35)/b11-9-,16-10+,18-12+/t17-,19+,23-,24-,26+,27+,28-/m0/s1. The first-order valence-electron chi connectivity index (χ1n) is 13.3. The second-order valence-electron chi connectivity index (χ2n) is 10.2. The normalized spacial score (nSPS) is 33.9. The first kappa shape index (κ1) is 33.8. The summed E-state index contributed by atoms with van der Waals surface area (Å²) in [6, 6.07) is 0. The van der Waals surface area contributed by atoms with Gasteiger partial charge in [0, 0.05) is 51.6 Å². The topological polar surface area (TPSA) is 152 Å². The zero-order valence-electron chi connectivity index (χ0n) is 25.0. The second kappa shape index (κ2) is 15.6. The summed E-state index contributed by atoms with van der Waals surface area (Å²) in [6.07, 6.45) is 5.11. The summed E-state index contributed by atoms with van der Waals surface area (Å²) in [5, 5.41) is 2.54. The van der Waals surface area contributed by atoms with Gasteiger partial charge in [-0.25, -0.2) is 4.79 Å². The quantitative estimate of drug-likeness (QED) is 0.373. The summed E-state index contributed by atoms with van der Waals surface area (Å²) in [4.78, 5) is 50.6. The summed E-state index contributed by atoms with van der Waals surface area (Å²) in [6.45, 7) is 7.17. The molecule has 0 aromatic carbocycles. The third kappa shape index (κ3) is 8.80. The van der Waals surface area contributed by atoms with E-state index in [0.717, 1.165) is 6.08 Å². The third-order valence-corrected chi connectivity index (χ3v) is 7.27. The number of allylic oxidation sites excluding steroid dienone is 5. The summed E-state index contributed by atoms with van der Waals surface area (Å²) < 4.78 is 28.4. The highest BCUT2D eigenvalue weighted by Crippen LogP contribution is 2.30. The largest absolute Gasteiger partial charge is 0.439 e. The van der Waals surface area contributed by atoms with Gasteiger partial charge < -0.3 is 34.7 Å². The van der Waals surface area contributed by atoms with E-state index in [0.29, 0.717) is 12.0 Å². The van der Waals surface area contributed by atoms with Gasteiger partial charge in [-0.1, -0.05) is 38.2 Å². The summed E-state index contributed by atoms with van der Waals surface area (Å²) in [7, 11) is 6.05. The van der Waals surface area contributed by atoms with Crippen molar-refractivity contribution in [1.82, 2.24) is 5.32 Å². The molecule has 2 bridgehead atoms. The number of fused-ring (bicyclic) bond motifs is 2. The Bertz CT molecular complexity index is 1150. The molecule has 1 aliphatic heterocycles. The smallest absolute Gasteiger partial charge is 0.405 e. The molecule has 41 heavy (non-hydrogen) atoms. The fourth-order valence-corrected chi connectivity index (χ4v) is 5.21. The van der Waals surface area contributed by atoms with E-state index in [9.17, 15) is 19.2 Å².